The number of nitrogens with one attached hydrogen (secondary N) is 2. The molecule has 3 aromatic heterocycles. The van der Waals surface area contributed by atoms with Gasteiger partial charge in [-0.05, 0) is 31.4 Å². The summed E-state index contributed by atoms with van der Waals surface area (Å²) >= 11 is 0. The van der Waals surface area contributed by atoms with E-state index >= 15 is 0 Å². The summed E-state index contributed by atoms with van der Waals surface area (Å²) in [4.78, 5) is 32.2. The molecular formula is C21H25N5O3. The molecule has 2 N–H and O–H groups in total. The minimum atomic E-state index is -0.252. The monoisotopic (exact) mass is 395 g/mol. The van der Waals surface area contributed by atoms with Crippen LogP contribution in [0, 0.1) is 5.92 Å². The summed E-state index contributed by atoms with van der Waals surface area (Å²) in [5.74, 6) is 1.28. The van der Waals surface area contributed by atoms with Crippen LogP contribution in [0.25, 0.3) is 17.4 Å². The molecule has 3 heterocycles. The third-order valence-corrected chi connectivity index (χ3v) is 5.20. The fourth-order valence-corrected chi connectivity index (χ4v) is 3.75. The summed E-state index contributed by atoms with van der Waals surface area (Å²) in [7, 11) is 0. The Balaban J connectivity index is 1.72. The number of aromatic amines is 1. The molecule has 4 rings (SSSR count). The molecule has 0 spiro atoms. The van der Waals surface area contributed by atoms with Crippen molar-refractivity contribution in [1.82, 2.24) is 19.7 Å². The molecule has 1 aliphatic rings. The van der Waals surface area contributed by atoms with E-state index in [4.69, 9.17) is 4.42 Å². The highest BCUT2D eigenvalue weighted by molar-refractivity contribution is 5.92. The lowest BCUT2D eigenvalue weighted by Crippen LogP contribution is -2.26. The van der Waals surface area contributed by atoms with Gasteiger partial charge in [0.05, 0.1) is 6.26 Å². The summed E-state index contributed by atoms with van der Waals surface area (Å²) in [6, 6.07) is 6.80. The maximum absolute atomic E-state index is 12.8. The Morgan fingerprint density at radius 2 is 2.14 bits per heavy atom. The van der Waals surface area contributed by atoms with Gasteiger partial charge in [-0.15, -0.1) is 0 Å². The quantitative estimate of drug-likeness (QED) is 0.662. The normalized spacial score (nSPS) is 14.8. The van der Waals surface area contributed by atoms with Gasteiger partial charge in [-0.1, -0.05) is 32.6 Å². The molecule has 0 aromatic carbocycles. The van der Waals surface area contributed by atoms with Crippen molar-refractivity contribution < 1.29 is 9.21 Å². The molecule has 8 heteroatoms. The van der Waals surface area contributed by atoms with Gasteiger partial charge in [-0.2, -0.15) is 9.78 Å². The molecule has 0 atom stereocenters. The molecule has 0 bridgehead atoms. The average molecular weight is 395 g/mol. The molecule has 0 unspecified atom stereocenters. The Bertz CT molecular complexity index is 1030. The van der Waals surface area contributed by atoms with Crippen LogP contribution in [0.1, 0.15) is 51.1 Å². The van der Waals surface area contributed by atoms with Gasteiger partial charge in [-0.25, -0.2) is 4.98 Å². The molecule has 1 fully saturated rings. The summed E-state index contributed by atoms with van der Waals surface area (Å²) in [5.41, 5.74) is 0.987. The molecule has 0 saturated heterocycles. The van der Waals surface area contributed by atoms with Crippen LogP contribution in [0.5, 0.6) is 0 Å². The van der Waals surface area contributed by atoms with Crippen LogP contribution >= 0.6 is 0 Å². The molecule has 1 saturated carbocycles. The Morgan fingerprint density at radius 1 is 1.31 bits per heavy atom. The lowest BCUT2D eigenvalue weighted by molar-refractivity contribution is -0.120. The fraction of sp³-hybridized carbons (Fsp3) is 0.429. The third kappa shape index (κ3) is 4.31. The van der Waals surface area contributed by atoms with Gasteiger partial charge in [-0.3, -0.25) is 14.6 Å². The zero-order valence-corrected chi connectivity index (χ0v) is 16.5. The van der Waals surface area contributed by atoms with E-state index in [0.717, 1.165) is 32.1 Å². The number of nitrogens with zero attached hydrogens (tertiary/aromatic N) is 3. The topological polar surface area (TPSA) is 106 Å². The highest BCUT2D eigenvalue weighted by Crippen LogP contribution is 2.27. The van der Waals surface area contributed by atoms with Gasteiger partial charge in [0.25, 0.3) is 5.56 Å². The zero-order chi connectivity index (χ0) is 20.2. The smallest absolute Gasteiger partial charge is 0.252 e. The number of aryl methyl sites for hydroxylation is 1. The van der Waals surface area contributed by atoms with Crippen molar-refractivity contribution in [2.45, 2.75) is 51.9 Å². The first kappa shape index (κ1) is 19.2. The van der Waals surface area contributed by atoms with E-state index in [1.807, 2.05) is 6.92 Å². The number of hydrogen-bond acceptors (Lipinski definition) is 5. The van der Waals surface area contributed by atoms with Crippen LogP contribution in [-0.4, -0.2) is 25.7 Å². The number of carbonyl (C=O) groups excluding carboxylic acids is 1. The first-order chi connectivity index (χ1) is 14.1. The van der Waals surface area contributed by atoms with Crippen LogP contribution in [0.4, 0.5) is 5.82 Å². The van der Waals surface area contributed by atoms with E-state index in [0.29, 0.717) is 29.4 Å². The minimum absolute atomic E-state index is 0.00223. The van der Waals surface area contributed by atoms with Crippen molar-refractivity contribution in [3.05, 3.63) is 46.6 Å². The van der Waals surface area contributed by atoms with Crippen molar-refractivity contribution in [3.63, 3.8) is 0 Å². The van der Waals surface area contributed by atoms with Gasteiger partial charge < -0.3 is 9.73 Å². The summed E-state index contributed by atoms with van der Waals surface area (Å²) in [6.07, 6.45) is 8.24. The highest BCUT2D eigenvalue weighted by atomic mass is 16.3. The fourth-order valence-electron chi connectivity index (χ4n) is 3.75. The standard InChI is InChI=1S/C21H25N5O3/c1-2-7-15-12-19(27)24-21(22-15)26-18(13-16(25-26)17-10-6-11-29-17)23-20(28)14-8-4-3-5-9-14/h6,10-14H,2-5,7-9H2,1H3,(H,23,28)(H,22,24,27). The van der Waals surface area contributed by atoms with Crippen molar-refractivity contribution in [3.8, 4) is 17.4 Å². The minimum Gasteiger partial charge on any atom is -0.463 e. The second-order valence-corrected chi connectivity index (χ2v) is 7.44. The molecule has 29 heavy (non-hydrogen) atoms. The van der Waals surface area contributed by atoms with Gasteiger partial charge in [0.1, 0.15) is 11.5 Å². The van der Waals surface area contributed by atoms with Crippen molar-refractivity contribution >= 4 is 11.7 Å². The number of furan rings is 1. The molecular weight excluding hydrogens is 370 g/mol. The van der Waals surface area contributed by atoms with Crippen LogP contribution in [0.15, 0.2) is 39.7 Å². The highest BCUT2D eigenvalue weighted by Gasteiger charge is 2.24. The van der Waals surface area contributed by atoms with E-state index in [-0.39, 0.29) is 23.3 Å². The van der Waals surface area contributed by atoms with E-state index in [1.54, 1.807) is 24.5 Å². The number of H-pyrrole nitrogens is 1. The SMILES string of the molecule is CCCc1cc(=O)[nH]c(-n2nc(-c3ccco3)cc2NC(=O)C2CCCCC2)n1. The lowest BCUT2D eigenvalue weighted by Gasteiger charge is -2.20. The number of anilines is 1. The Kier molecular flexibility index (Phi) is 5.59. The number of aromatic nitrogens is 4. The first-order valence-corrected chi connectivity index (χ1v) is 10.2. The van der Waals surface area contributed by atoms with E-state index in [2.05, 4.69) is 20.4 Å². The maximum Gasteiger partial charge on any atom is 0.252 e. The Labute approximate surface area is 168 Å². The molecule has 152 valence electrons. The molecule has 1 aliphatic carbocycles. The second kappa shape index (κ2) is 8.46. The van der Waals surface area contributed by atoms with Crippen LogP contribution in [0.2, 0.25) is 0 Å². The third-order valence-electron chi connectivity index (χ3n) is 5.20. The van der Waals surface area contributed by atoms with Crippen LogP contribution < -0.4 is 10.9 Å². The predicted octanol–water partition coefficient (Wildman–Crippen LogP) is 3.69. The summed E-state index contributed by atoms with van der Waals surface area (Å²) in [5, 5.41) is 7.53. The van der Waals surface area contributed by atoms with Crippen LogP contribution in [0.3, 0.4) is 0 Å². The number of carbonyl (C=O) groups is 1. The maximum atomic E-state index is 12.8. The van der Waals surface area contributed by atoms with Gasteiger partial charge in [0, 0.05) is 23.7 Å². The summed E-state index contributed by atoms with van der Waals surface area (Å²) in [6.45, 7) is 2.03. The van der Waals surface area contributed by atoms with Crippen molar-refractivity contribution in [1.29, 1.82) is 0 Å². The van der Waals surface area contributed by atoms with E-state index in [9.17, 15) is 9.59 Å². The molecule has 8 nitrogen and oxygen atoms in total. The van der Waals surface area contributed by atoms with Gasteiger partial charge >= 0.3 is 0 Å². The Morgan fingerprint density at radius 3 is 2.86 bits per heavy atom. The predicted molar refractivity (Wildman–Crippen MR) is 109 cm³/mol. The number of amides is 1. The Hall–Kier alpha value is -3.16. The lowest BCUT2D eigenvalue weighted by atomic mass is 9.89. The average Bonchev–Trinajstić information content (AvgIpc) is 3.38. The number of rotatable bonds is 6. The summed E-state index contributed by atoms with van der Waals surface area (Å²) < 4.78 is 6.92. The second-order valence-electron chi connectivity index (χ2n) is 7.44. The molecule has 0 aliphatic heterocycles. The largest absolute Gasteiger partial charge is 0.463 e. The van der Waals surface area contributed by atoms with Gasteiger partial charge in [0.15, 0.2) is 5.76 Å². The van der Waals surface area contributed by atoms with Crippen molar-refractivity contribution in [2.24, 2.45) is 5.92 Å². The van der Waals surface area contributed by atoms with Crippen molar-refractivity contribution in [2.75, 3.05) is 5.32 Å². The molecule has 0 radical (unpaired) electrons. The van der Waals surface area contributed by atoms with E-state index in [1.165, 1.54) is 17.2 Å². The molecule has 1 amide bonds. The van der Waals surface area contributed by atoms with Gasteiger partial charge in [0.2, 0.25) is 11.9 Å². The van der Waals surface area contributed by atoms with E-state index < -0.39 is 0 Å². The van der Waals surface area contributed by atoms with Crippen LogP contribution in [-0.2, 0) is 11.2 Å². The molecule has 3 aromatic rings. The first-order valence-electron chi connectivity index (χ1n) is 10.2. The zero-order valence-electron chi connectivity index (χ0n) is 16.5. The number of hydrogen-bond donors (Lipinski definition) is 2.